The van der Waals surface area contributed by atoms with Gasteiger partial charge in [0.2, 0.25) is 5.52 Å². The Labute approximate surface area is 149 Å². The molecule has 0 fully saturated rings. The van der Waals surface area contributed by atoms with Crippen LogP contribution in [0.4, 0.5) is 5.82 Å². The first kappa shape index (κ1) is 17.6. The summed E-state index contributed by atoms with van der Waals surface area (Å²) in [7, 11) is -4.07. The number of para-hydroxylation sites is 2. The van der Waals surface area contributed by atoms with Crippen molar-refractivity contribution in [2.45, 2.75) is 18.2 Å². The molecule has 0 unspecified atom stereocenters. The van der Waals surface area contributed by atoms with Gasteiger partial charge in [0.1, 0.15) is 10.7 Å². The van der Waals surface area contributed by atoms with Crippen molar-refractivity contribution in [1.82, 2.24) is 0 Å². The Bertz CT molecular complexity index is 1100. The number of carbonyl (C=O) groups is 1. The van der Waals surface area contributed by atoms with Crippen LogP contribution in [0.2, 0.25) is 0 Å². The average Bonchev–Trinajstić information content (AvgIpc) is 2.59. The second kappa shape index (κ2) is 6.60. The molecule has 8 nitrogen and oxygen atoms in total. The molecule has 26 heavy (non-hydrogen) atoms. The van der Waals surface area contributed by atoms with Crippen molar-refractivity contribution in [1.29, 1.82) is 0 Å². The van der Waals surface area contributed by atoms with Crippen LogP contribution in [0, 0.1) is 10.4 Å². The van der Waals surface area contributed by atoms with Gasteiger partial charge in [0, 0.05) is 12.5 Å². The normalized spacial score (nSPS) is 11.4. The van der Waals surface area contributed by atoms with E-state index in [0.29, 0.717) is 15.0 Å². The minimum atomic E-state index is -4.07. The van der Waals surface area contributed by atoms with Gasteiger partial charge < -0.3 is 10.4 Å². The lowest BCUT2D eigenvalue weighted by Gasteiger charge is -2.11. The molecule has 1 aromatic heterocycles. The molecule has 3 rings (SSSR count). The van der Waals surface area contributed by atoms with Gasteiger partial charge in [0.25, 0.3) is 11.7 Å². The second-order valence-electron chi connectivity index (χ2n) is 5.75. The minimum Gasteiger partial charge on any atom is -0.710 e. The number of benzene rings is 2. The van der Waals surface area contributed by atoms with E-state index in [1.54, 1.807) is 12.1 Å². The molecule has 9 heteroatoms. The third kappa shape index (κ3) is 3.42. The van der Waals surface area contributed by atoms with Gasteiger partial charge in [-0.1, -0.05) is 24.3 Å². The number of sulfonamides is 1. The zero-order valence-electron chi connectivity index (χ0n) is 13.7. The molecule has 0 spiro atoms. The van der Waals surface area contributed by atoms with Crippen LogP contribution in [-0.2, 0) is 21.2 Å². The molecule has 0 radical (unpaired) electrons. The number of hydrogen-bond acceptors (Lipinski definition) is 5. The van der Waals surface area contributed by atoms with Gasteiger partial charge >= 0.3 is 15.8 Å². The van der Waals surface area contributed by atoms with Gasteiger partial charge in [-0.05, 0) is 30.7 Å². The van der Waals surface area contributed by atoms with Crippen LogP contribution in [0.5, 0.6) is 0 Å². The van der Waals surface area contributed by atoms with E-state index in [4.69, 9.17) is 0 Å². The van der Waals surface area contributed by atoms with Crippen LogP contribution in [0.3, 0.4) is 0 Å². The quantitative estimate of drug-likeness (QED) is 0.530. The fourth-order valence-corrected chi connectivity index (χ4v) is 3.55. The van der Waals surface area contributed by atoms with Crippen LogP contribution < -0.4 is 14.2 Å². The molecule has 0 aliphatic rings. The highest BCUT2D eigenvalue weighted by atomic mass is 32.2. The molecule has 1 N–H and O–H groups in total. The van der Waals surface area contributed by atoms with Crippen molar-refractivity contribution in [3.05, 3.63) is 70.7 Å². The zero-order valence-corrected chi connectivity index (χ0v) is 14.6. The molecule has 134 valence electrons. The van der Waals surface area contributed by atoms with E-state index in [1.165, 1.54) is 43.3 Å². The summed E-state index contributed by atoms with van der Waals surface area (Å²) >= 11 is 0. The molecule has 0 aliphatic carbocycles. The van der Waals surface area contributed by atoms with Crippen molar-refractivity contribution < 1.29 is 22.7 Å². The molecule has 0 aliphatic heterocycles. The van der Waals surface area contributed by atoms with Gasteiger partial charge in [0.15, 0.2) is 0 Å². The minimum absolute atomic E-state index is 0.0395. The van der Waals surface area contributed by atoms with Crippen LogP contribution in [0.25, 0.3) is 11.0 Å². The number of Topliss-reactive ketones (excluding diaryl/α,β-unsaturated/α-hetero) is 1. The summed E-state index contributed by atoms with van der Waals surface area (Å²) in [5, 5.41) is 24.4. The zero-order chi connectivity index (χ0) is 18.9. The fraction of sp³-hybridized carbons (Fsp3) is 0.118. The Morgan fingerprint density at radius 3 is 2.27 bits per heavy atom. The summed E-state index contributed by atoms with van der Waals surface area (Å²) in [5.74, 6) is -0.450. The molecular formula is C17H15N3O5S. The number of anilines is 1. The molecule has 0 saturated carbocycles. The van der Waals surface area contributed by atoms with Crippen LogP contribution in [0.1, 0.15) is 12.5 Å². The molecule has 2 aromatic carbocycles. The first-order valence-electron chi connectivity index (χ1n) is 7.63. The monoisotopic (exact) mass is 373 g/mol. The molecule has 0 bridgehead atoms. The van der Waals surface area contributed by atoms with Crippen molar-refractivity contribution in [2.24, 2.45) is 0 Å². The number of ketones is 1. The summed E-state index contributed by atoms with van der Waals surface area (Å²) in [6, 6.07) is 11.8. The van der Waals surface area contributed by atoms with Gasteiger partial charge in [-0.2, -0.15) is 17.9 Å². The first-order chi connectivity index (χ1) is 12.3. The third-order valence-electron chi connectivity index (χ3n) is 3.72. The van der Waals surface area contributed by atoms with E-state index >= 15 is 0 Å². The third-order valence-corrected chi connectivity index (χ3v) is 5.09. The average molecular weight is 373 g/mol. The maximum absolute atomic E-state index is 12.5. The highest BCUT2D eigenvalue weighted by molar-refractivity contribution is 7.92. The van der Waals surface area contributed by atoms with Gasteiger partial charge in [0.05, 0.1) is 0 Å². The number of hydrogen-bond donors (Lipinski definition) is 1. The molecular weight excluding hydrogens is 358 g/mol. The highest BCUT2D eigenvalue weighted by Gasteiger charge is 2.25. The SMILES string of the molecule is CC(=O)Cc1ccc(S(=O)(=O)Nc2c[n+]([O-])c3ccccc3[n+]2[O-])cc1. The summed E-state index contributed by atoms with van der Waals surface area (Å²) in [5.41, 5.74) is 0.844. The summed E-state index contributed by atoms with van der Waals surface area (Å²) in [6.45, 7) is 1.44. The Hall–Kier alpha value is -3.20. The molecule has 3 aromatic rings. The number of nitrogens with one attached hydrogen (secondary N) is 1. The Morgan fingerprint density at radius 1 is 1.04 bits per heavy atom. The van der Waals surface area contributed by atoms with Crippen molar-refractivity contribution in [3.63, 3.8) is 0 Å². The van der Waals surface area contributed by atoms with Crippen LogP contribution >= 0.6 is 0 Å². The molecule has 0 saturated heterocycles. The second-order valence-corrected chi connectivity index (χ2v) is 7.43. The topological polar surface area (TPSA) is 117 Å². The van der Waals surface area contributed by atoms with E-state index in [1.807, 2.05) is 0 Å². The largest absolute Gasteiger partial charge is 0.710 e. The number of rotatable bonds is 5. The Balaban J connectivity index is 1.96. The number of fused-ring (bicyclic) bond motifs is 1. The predicted octanol–water partition coefficient (Wildman–Crippen LogP) is 1.04. The number of aromatic nitrogens is 2. The summed E-state index contributed by atoms with van der Waals surface area (Å²) in [4.78, 5) is 11.0. The van der Waals surface area contributed by atoms with Gasteiger partial charge in [-0.15, -0.1) is 0 Å². The lowest BCUT2D eigenvalue weighted by molar-refractivity contribution is -0.618. The standard InChI is InChI=1S/C17H15N3O5S/c1-12(21)10-13-6-8-14(9-7-13)26(24,25)18-17-11-19(22)15-4-2-3-5-16(15)20(17)23/h2-9,11,18H,10H2,1H3. The van der Waals surface area contributed by atoms with Crippen LogP contribution in [-0.4, -0.2) is 14.2 Å². The summed E-state index contributed by atoms with van der Waals surface area (Å²) < 4.78 is 27.9. The van der Waals surface area contributed by atoms with Gasteiger partial charge in [-0.3, -0.25) is 4.79 Å². The molecule has 0 amide bonds. The van der Waals surface area contributed by atoms with E-state index < -0.39 is 15.8 Å². The van der Waals surface area contributed by atoms with E-state index in [9.17, 15) is 23.6 Å². The Kier molecular flexibility index (Phi) is 4.47. The maximum atomic E-state index is 12.5. The lowest BCUT2D eigenvalue weighted by Crippen LogP contribution is -2.41. The van der Waals surface area contributed by atoms with Gasteiger partial charge in [-0.25, -0.2) is 4.73 Å². The van der Waals surface area contributed by atoms with E-state index in [2.05, 4.69) is 4.72 Å². The smallest absolute Gasteiger partial charge is 0.360 e. The lowest BCUT2D eigenvalue weighted by atomic mass is 10.1. The Morgan fingerprint density at radius 2 is 1.65 bits per heavy atom. The maximum Gasteiger partial charge on any atom is 0.360 e. The van der Waals surface area contributed by atoms with E-state index in [-0.39, 0.29) is 28.1 Å². The number of carbonyl (C=O) groups excluding carboxylic acids is 1. The predicted molar refractivity (Wildman–Crippen MR) is 93.5 cm³/mol. The number of nitrogens with zero attached hydrogens (tertiary/aromatic N) is 2. The van der Waals surface area contributed by atoms with Crippen molar-refractivity contribution in [3.8, 4) is 0 Å². The van der Waals surface area contributed by atoms with Crippen LogP contribution in [0.15, 0.2) is 59.6 Å². The molecule has 0 atom stereocenters. The first-order valence-corrected chi connectivity index (χ1v) is 9.12. The molecule has 1 heterocycles. The van der Waals surface area contributed by atoms with Crippen molar-refractivity contribution >= 4 is 32.7 Å². The van der Waals surface area contributed by atoms with Crippen molar-refractivity contribution in [2.75, 3.05) is 4.72 Å². The summed E-state index contributed by atoms with van der Waals surface area (Å²) in [6.07, 6.45) is 1.08. The highest BCUT2D eigenvalue weighted by Crippen LogP contribution is 2.16. The van der Waals surface area contributed by atoms with E-state index in [0.717, 1.165) is 6.20 Å². The fourth-order valence-electron chi connectivity index (χ4n) is 2.52.